The molecule has 2 heterocycles. The maximum Gasteiger partial charge on any atom is 0.341 e. The van der Waals surface area contributed by atoms with E-state index < -0.39 is 0 Å². The van der Waals surface area contributed by atoms with Crippen LogP contribution in [0.4, 0.5) is 0 Å². The molecule has 0 radical (unpaired) electrons. The molecular weight excluding hydrogens is 268 g/mol. The number of piperidine rings is 1. The molecule has 1 N–H and O–H groups in total. The van der Waals surface area contributed by atoms with Gasteiger partial charge in [-0.15, -0.1) is 0 Å². The molecule has 21 heavy (non-hydrogen) atoms. The summed E-state index contributed by atoms with van der Waals surface area (Å²) in [6.45, 7) is 4.06. The van der Waals surface area contributed by atoms with Crippen LogP contribution in [0.15, 0.2) is 16.7 Å². The second kappa shape index (κ2) is 6.62. The van der Waals surface area contributed by atoms with Gasteiger partial charge in [0.25, 0.3) is 0 Å². The topological polar surface area (TPSA) is 54.7 Å². The van der Waals surface area contributed by atoms with Gasteiger partial charge in [-0.2, -0.15) is 0 Å². The van der Waals surface area contributed by atoms with Crippen LogP contribution < -0.4 is 5.32 Å². The van der Waals surface area contributed by atoms with Crippen LogP contribution >= 0.6 is 0 Å². The highest BCUT2D eigenvalue weighted by molar-refractivity contribution is 5.90. The van der Waals surface area contributed by atoms with E-state index in [4.69, 9.17) is 9.15 Å². The van der Waals surface area contributed by atoms with Crippen molar-refractivity contribution in [1.82, 2.24) is 10.2 Å². The van der Waals surface area contributed by atoms with Crippen LogP contribution in [0, 0.1) is 5.92 Å². The summed E-state index contributed by atoms with van der Waals surface area (Å²) in [7, 11) is 1.41. The maximum absolute atomic E-state index is 11.7. The van der Waals surface area contributed by atoms with Gasteiger partial charge in [-0.05, 0) is 50.8 Å². The van der Waals surface area contributed by atoms with Gasteiger partial charge < -0.3 is 14.5 Å². The standard InChI is InChI=1S/C16H24N2O3/c1-20-16(19)14-6-9-21-15(14)11-18(13-2-3-13)10-12-4-7-17-8-5-12/h6,9,12-13,17H,2-5,7-8,10-11H2,1H3. The molecule has 1 aromatic heterocycles. The summed E-state index contributed by atoms with van der Waals surface area (Å²) in [6, 6.07) is 2.37. The molecule has 0 unspecified atom stereocenters. The first-order valence-electron chi connectivity index (χ1n) is 7.87. The number of rotatable bonds is 6. The maximum atomic E-state index is 11.7. The fraction of sp³-hybridized carbons (Fsp3) is 0.688. The number of ether oxygens (including phenoxy) is 1. The molecule has 0 bridgehead atoms. The Morgan fingerprint density at radius 1 is 1.38 bits per heavy atom. The molecule has 1 saturated heterocycles. The summed E-state index contributed by atoms with van der Waals surface area (Å²) in [6.07, 6.45) is 6.59. The Kier molecular flexibility index (Phi) is 4.60. The van der Waals surface area contributed by atoms with Crippen molar-refractivity contribution in [3.05, 3.63) is 23.7 Å². The van der Waals surface area contributed by atoms with E-state index in [1.807, 2.05) is 0 Å². The smallest absolute Gasteiger partial charge is 0.341 e. The molecule has 5 heteroatoms. The number of carbonyl (C=O) groups is 1. The van der Waals surface area contributed by atoms with Crippen LogP contribution in [-0.4, -0.2) is 43.7 Å². The van der Waals surface area contributed by atoms with Crippen molar-refractivity contribution in [2.24, 2.45) is 5.92 Å². The van der Waals surface area contributed by atoms with E-state index in [0.717, 1.165) is 31.3 Å². The van der Waals surface area contributed by atoms with Crippen molar-refractivity contribution in [2.75, 3.05) is 26.7 Å². The molecule has 116 valence electrons. The van der Waals surface area contributed by atoms with Gasteiger partial charge in [0.05, 0.1) is 19.9 Å². The Hall–Kier alpha value is -1.33. The number of hydrogen-bond acceptors (Lipinski definition) is 5. The van der Waals surface area contributed by atoms with E-state index in [1.54, 1.807) is 12.3 Å². The zero-order chi connectivity index (χ0) is 14.7. The minimum atomic E-state index is -0.309. The molecule has 0 spiro atoms. The highest BCUT2D eigenvalue weighted by Gasteiger charge is 2.32. The fourth-order valence-corrected chi connectivity index (χ4v) is 3.12. The van der Waals surface area contributed by atoms with Gasteiger partial charge in [0.15, 0.2) is 0 Å². The molecule has 2 fully saturated rings. The van der Waals surface area contributed by atoms with Gasteiger partial charge in [-0.25, -0.2) is 4.79 Å². The van der Waals surface area contributed by atoms with E-state index in [1.165, 1.54) is 32.8 Å². The Balaban J connectivity index is 1.65. The Morgan fingerprint density at radius 2 is 2.14 bits per heavy atom. The van der Waals surface area contributed by atoms with Gasteiger partial charge in [0.1, 0.15) is 11.3 Å². The Labute approximate surface area is 125 Å². The second-order valence-electron chi connectivity index (χ2n) is 6.10. The number of nitrogens with one attached hydrogen (secondary N) is 1. The number of esters is 1. The summed E-state index contributed by atoms with van der Waals surface area (Å²) >= 11 is 0. The Bertz CT molecular complexity index is 476. The first-order chi connectivity index (χ1) is 10.3. The molecule has 0 atom stereocenters. The zero-order valence-corrected chi connectivity index (χ0v) is 12.6. The molecular formula is C16H24N2O3. The molecule has 1 aromatic rings. The van der Waals surface area contributed by atoms with Crippen molar-refractivity contribution < 1.29 is 13.9 Å². The third-order valence-corrected chi connectivity index (χ3v) is 4.51. The molecule has 1 saturated carbocycles. The normalized spacial score (nSPS) is 19.9. The average molecular weight is 292 g/mol. The van der Waals surface area contributed by atoms with Gasteiger partial charge >= 0.3 is 5.97 Å². The summed E-state index contributed by atoms with van der Waals surface area (Å²) in [5.41, 5.74) is 0.563. The first kappa shape index (κ1) is 14.6. The lowest BCUT2D eigenvalue weighted by Crippen LogP contribution is -2.37. The van der Waals surface area contributed by atoms with Crippen LogP contribution in [0.1, 0.15) is 41.8 Å². The van der Waals surface area contributed by atoms with Gasteiger partial charge in [0.2, 0.25) is 0 Å². The van der Waals surface area contributed by atoms with Gasteiger partial charge in [-0.1, -0.05) is 0 Å². The van der Waals surface area contributed by atoms with Crippen LogP contribution in [0.3, 0.4) is 0 Å². The molecule has 2 aliphatic rings. The van der Waals surface area contributed by atoms with Crippen molar-refractivity contribution in [3.8, 4) is 0 Å². The van der Waals surface area contributed by atoms with E-state index in [2.05, 4.69) is 10.2 Å². The number of furan rings is 1. The zero-order valence-electron chi connectivity index (χ0n) is 12.6. The predicted molar refractivity (Wildman–Crippen MR) is 79.1 cm³/mol. The van der Waals surface area contributed by atoms with Crippen molar-refractivity contribution in [3.63, 3.8) is 0 Å². The largest absolute Gasteiger partial charge is 0.467 e. The number of methoxy groups -OCH3 is 1. The van der Waals surface area contributed by atoms with Crippen molar-refractivity contribution >= 4 is 5.97 Å². The van der Waals surface area contributed by atoms with Crippen LogP contribution in [0.25, 0.3) is 0 Å². The quantitative estimate of drug-likeness (QED) is 0.813. The first-order valence-corrected chi connectivity index (χ1v) is 7.87. The van der Waals surface area contributed by atoms with Crippen LogP contribution in [-0.2, 0) is 11.3 Å². The van der Waals surface area contributed by atoms with Crippen LogP contribution in [0.5, 0.6) is 0 Å². The molecule has 1 aliphatic carbocycles. The minimum absolute atomic E-state index is 0.309. The van der Waals surface area contributed by atoms with E-state index in [-0.39, 0.29) is 5.97 Å². The Morgan fingerprint density at radius 3 is 2.81 bits per heavy atom. The lowest BCUT2D eigenvalue weighted by molar-refractivity contribution is 0.0595. The summed E-state index contributed by atoms with van der Waals surface area (Å²) in [4.78, 5) is 14.2. The van der Waals surface area contributed by atoms with Crippen molar-refractivity contribution in [2.45, 2.75) is 38.3 Å². The van der Waals surface area contributed by atoms with E-state index in [0.29, 0.717) is 18.2 Å². The minimum Gasteiger partial charge on any atom is -0.467 e. The van der Waals surface area contributed by atoms with E-state index >= 15 is 0 Å². The van der Waals surface area contributed by atoms with Crippen molar-refractivity contribution in [1.29, 1.82) is 0 Å². The lowest BCUT2D eigenvalue weighted by atomic mass is 9.97. The summed E-state index contributed by atoms with van der Waals surface area (Å²) < 4.78 is 10.3. The summed E-state index contributed by atoms with van der Waals surface area (Å²) in [5, 5.41) is 3.41. The summed E-state index contributed by atoms with van der Waals surface area (Å²) in [5.74, 6) is 1.18. The van der Waals surface area contributed by atoms with Crippen LogP contribution in [0.2, 0.25) is 0 Å². The average Bonchev–Trinajstić information content (AvgIpc) is 3.27. The highest BCUT2D eigenvalue weighted by Crippen LogP contribution is 2.31. The number of nitrogens with zero attached hydrogens (tertiary/aromatic N) is 1. The van der Waals surface area contributed by atoms with E-state index in [9.17, 15) is 4.79 Å². The molecule has 0 aromatic carbocycles. The highest BCUT2D eigenvalue weighted by atomic mass is 16.5. The number of hydrogen-bond donors (Lipinski definition) is 1. The number of carbonyl (C=O) groups excluding carboxylic acids is 1. The SMILES string of the molecule is COC(=O)c1ccoc1CN(CC1CCNCC1)C1CC1. The molecule has 0 amide bonds. The molecule has 3 rings (SSSR count). The predicted octanol–water partition coefficient (Wildman–Crippen LogP) is 2.03. The molecule has 5 nitrogen and oxygen atoms in total. The third-order valence-electron chi connectivity index (χ3n) is 4.51. The monoisotopic (exact) mass is 292 g/mol. The third kappa shape index (κ3) is 3.66. The lowest BCUT2D eigenvalue weighted by Gasteiger charge is -2.29. The fourth-order valence-electron chi connectivity index (χ4n) is 3.12. The van der Waals surface area contributed by atoms with Gasteiger partial charge in [0, 0.05) is 12.6 Å². The van der Waals surface area contributed by atoms with Gasteiger partial charge in [-0.3, -0.25) is 4.90 Å². The second-order valence-corrected chi connectivity index (χ2v) is 6.10. The molecule has 1 aliphatic heterocycles.